The van der Waals surface area contributed by atoms with Crippen molar-refractivity contribution < 1.29 is 0 Å². The summed E-state index contributed by atoms with van der Waals surface area (Å²) in [6.45, 7) is 0. The minimum atomic E-state index is 1.16. The molecule has 2 heteroatoms. The van der Waals surface area contributed by atoms with Crippen LogP contribution in [0.4, 0.5) is 0 Å². The summed E-state index contributed by atoms with van der Waals surface area (Å²) < 4.78 is 4.87. The average molecular weight is 535 g/mol. The number of aromatic nitrogens is 2. The lowest BCUT2D eigenvalue weighted by Gasteiger charge is -2.12. The third-order valence-electron chi connectivity index (χ3n) is 8.71. The first-order chi connectivity index (χ1) is 20.8. The summed E-state index contributed by atoms with van der Waals surface area (Å²) in [6, 6.07) is 57.2. The molecule has 2 heterocycles. The van der Waals surface area contributed by atoms with Crippen LogP contribution in [-0.4, -0.2) is 9.13 Å². The van der Waals surface area contributed by atoms with Crippen molar-refractivity contribution in [3.05, 3.63) is 158 Å². The lowest BCUT2D eigenvalue weighted by molar-refractivity contribution is 1.18. The van der Waals surface area contributed by atoms with E-state index in [2.05, 4.69) is 167 Å². The maximum Gasteiger partial charge on any atom is 0.0549 e. The summed E-state index contributed by atoms with van der Waals surface area (Å²) in [4.78, 5) is 0. The minimum Gasteiger partial charge on any atom is -0.309 e. The molecule has 196 valence electrons. The molecular weight excluding hydrogens is 508 g/mol. The summed E-state index contributed by atoms with van der Waals surface area (Å²) in [7, 11) is 0. The zero-order chi connectivity index (χ0) is 27.6. The van der Waals surface area contributed by atoms with Crippen LogP contribution >= 0.6 is 0 Å². The highest BCUT2D eigenvalue weighted by molar-refractivity contribution is 6.19. The topological polar surface area (TPSA) is 9.86 Å². The van der Waals surface area contributed by atoms with E-state index in [0.717, 1.165) is 5.69 Å². The molecule has 0 saturated heterocycles. The molecule has 0 bridgehead atoms. The molecule has 0 radical (unpaired) electrons. The van der Waals surface area contributed by atoms with E-state index in [1.807, 2.05) is 0 Å². The van der Waals surface area contributed by atoms with Gasteiger partial charge in [0.1, 0.15) is 0 Å². The predicted octanol–water partition coefficient (Wildman–Crippen LogP) is 10.7. The molecule has 9 rings (SSSR count). The molecule has 0 atom stereocenters. The van der Waals surface area contributed by atoms with E-state index in [1.165, 1.54) is 71.2 Å². The smallest absolute Gasteiger partial charge is 0.0549 e. The van der Waals surface area contributed by atoms with Gasteiger partial charge in [0.2, 0.25) is 0 Å². The van der Waals surface area contributed by atoms with Gasteiger partial charge in [-0.15, -0.1) is 0 Å². The molecule has 0 aliphatic rings. The fourth-order valence-electron chi connectivity index (χ4n) is 6.81. The Morgan fingerprint density at radius 1 is 0.310 bits per heavy atom. The summed E-state index contributed by atoms with van der Waals surface area (Å²) in [6.07, 6.45) is 0. The quantitative estimate of drug-likeness (QED) is 0.213. The maximum atomic E-state index is 2.45. The average Bonchev–Trinajstić information content (AvgIpc) is 3.56. The Labute approximate surface area is 243 Å². The van der Waals surface area contributed by atoms with Crippen LogP contribution in [0, 0.1) is 0 Å². The lowest BCUT2D eigenvalue weighted by Crippen LogP contribution is -1.95. The fraction of sp³-hybridized carbons (Fsp3) is 0. The highest BCUT2D eigenvalue weighted by Gasteiger charge is 2.19. The van der Waals surface area contributed by atoms with E-state index in [9.17, 15) is 0 Å². The van der Waals surface area contributed by atoms with Gasteiger partial charge in [0.15, 0.2) is 0 Å². The molecule has 0 saturated carbocycles. The zero-order valence-corrected chi connectivity index (χ0v) is 22.9. The number of hydrogen-bond acceptors (Lipinski definition) is 0. The predicted molar refractivity (Wildman–Crippen MR) is 178 cm³/mol. The first-order valence-corrected chi connectivity index (χ1v) is 14.5. The lowest BCUT2D eigenvalue weighted by atomic mass is 10.1. The van der Waals surface area contributed by atoms with E-state index < -0.39 is 0 Å². The Balaban J connectivity index is 1.36. The molecule has 7 aromatic carbocycles. The van der Waals surface area contributed by atoms with Gasteiger partial charge in [0.25, 0.3) is 0 Å². The Bertz CT molecular complexity index is 2440. The van der Waals surface area contributed by atoms with Gasteiger partial charge in [-0.1, -0.05) is 115 Å². The Morgan fingerprint density at radius 2 is 0.833 bits per heavy atom. The highest BCUT2D eigenvalue weighted by Crippen LogP contribution is 2.40. The van der Waals surface area contributed by atoms with Crippen molar-refractivity contribution in [2.24, 2.45) is 0 Å². The number of para-hydroxylation sites is 2. The van der Waals surface area contributed by atoms with Crippen LogP contribution in [0.3, 0.4) is 0 Å². The summed E-state index contributed by atoms with van der Waals surface area (Å²) in [5.41, 5.74) is 9.71. The number of fused-ring (bicyclic) bond motifs is 7. The molecule has 0 N–H and O–H groups in total. The van der Waals surface area contributed by atoms with Gasteiger partial charge in [-0.25, -0.2) is 0 Å². The Kier molecular flexibility index (Phi) is 4.93. The monoisotopic (exact) mass is 534 g/mol. The second-order valence-electron chi connectivity index (χ2n) is 11.0. The van der Waals surface area contributed by atoms with Gasteiger partial charge in [-0.05, 0) is 59.0 Å². The Morgan fingerprint density at radius 3 is 1.55 bits per heavy atom. The van der Waals surface area contributed by atoms with Crippen LogP contribution in [0.2, 0.25) is 0 Å². The first kappa shape index (κ1) is 23.1. The van der Waals surface area contributed by atoms with Crippen LogP contribution in [0.5, 0.6) is 0 Å². The minimum absolute atomic E-state index is 1.16. The van der Waals surface area contributed by atoms with Crippen LogP contribution in [-0.2, 0) is 0 Å². The van der Waals surface area contributed by atoms with Crippen LogP contribution < -0.4 is 0 Å². The van der Waals surface area contributed by atoms with Crippen LogP contribution in [0.15, 0.2) is 158 Å². The van der Waals surface area contributed by atoms with Gasteiger partial charge in [-0.3, -0.25) is 0 Å². The second kappa shape index (κ2) is 8.95. The van der Waals surface area contributed by atoms with Crippen molar-refractivity contribution in [3.63, 3.8) is 0 Å². The van der Waals surface area contributed by atoms with E-state index in [-0.39, 0.29) is 0 Å². The number of hydrogen-bond donors (Lipinski definition) is 0. The molecule has 42 heavy (non-hydrogen) atoms. The highest BCUT2D eigenvalue weighted by atomic mass is 15.0. The standard InChI is InChI=1S/C40H26N2/c1-2-11-27(12-3-1)28-21-23-30(24-22-28)41-37-18-8-6-16-32(37)34-26-40-35(25-39(34)41)33-17-7-9-19-38(33)42(40)36-20-10-14-29-13-4-5-15-31(29)36/h1-26H. The van der Waals surface area contributed by atoms with Gasteiger partial charge < -0.3 is 9.13 Å². The van der Waals surface area contributed by atoms with Crippen molar-refractivity contribution in [1.82, 2.24) is 9.13 Å². The van der Waals surface area contributed by atoms with Crippen molar-refractivity contribution in [2.45, 2.75) is 0 Å². The molecule has 0 aliphatic heterocycles. The number of nitrogens with zero attached hydrogens (tertiary/aromatic N) is 2. The SMILES string of the molecule is c1ccc(-c2ccc(-n3c4ccccc4c4cc5c(cc43)c3ccccc3n5-c3cccc4ccccc34)cc2)cc1. The van der Waals surface area contributed by atoms with E-state index in [4.69, 9.17) is 0 Å². The van der Waals surface area contributed by atoms with Gasteiger partial charge in [0.05, 0.1) is 27.8 Å². The van der Waals surface area contributed by atoms with Crippen molar-refractivity contribution in [3.8, 4) is 22.5 Å². The third-order valence-corrected chi connectivity index (χ3v) is 8.71. The normalized spacial score (nSPS) is 11.8. The molecule has 0 spiro atoms. The molecular formula is C40H26N2. The second-order valence-corrected chi connectivity index (χ2v) is 11.0. The number of rotatable bonds is 3. The van der Waals surface area contributed by atoms with Gasteiger partial charge >= 0.3 is 0 Å². The number of benzene rings is 7. The molecule has 0 fully saturated rings. The fourth-order valence-corrected chi connectivity index (χ4v) is 6.81. The summed E-state index contributed by atoms with van der Waals surface area (Å²) >= 11 is 0. The van der Waals surface area contributed by atoms with Crippen LogP contribution in [0.1, 0.15) is 0 Å². The first-order valence-electron chi connectivity index (χ1n) is 14.5. The van der Waals surface area contributed by atoms with Crippen LogP contribution in [0.25, 0.3) is 76.9 Å². The molecule has 0 amide bonds. The third kappa shape index (κ3) is 3.33. The molecule has 0 aliphatic carbocycles. The summed E-state index contributed by atoms with van der Waals surface area (Å²) in [5.74, 6) is 0. The molecule has 2 aromatic heterocycles. The molecule has 9 aromatic rings. The molecule has 2 nitrogen and oxygen atoms in total. The van der Waals surface area contributed by atoms with Crippen molar-refractivity contribution in [1.29, 1.82) is 0 Å². The van der Waals surface area contributed by atoms with Crippen molar-refractivity contribution in [2.75, 3.05) is 0 Å². The molecule has 0 unspecified atom stereocenters. The van der Waals surface area contributed by atoms with Crippen molar-refractivity contribution >= 4 is 54.4 Å². The van der Waals surface area contributed by atoms with E-state index in [1.54, 1.807) is 0 Å². The van der Waals surface area contributed by atoms with Gasteiger partial charge in [0, 0.05) is 32.6 Å². The zero-order valence-electron chi connectivity index (χ0n) is 22.9. The van der Waals surface area contributed by atoms with Gasteiger partial charge in [-0.2, -0.15) is 0 Å². The maximum absolute atomic E-state index is 2.45. The summed E-state index contributed by atoms with van der Waals surface area (Å²) in [5, 5.41) is 7.54. The largest absolute Gasteiger partial charge is 0.309 e. The van der Waals surface area contributed by atoms with E-state index >= 15 is 0 Å². The Hall–Kier alpha value is -5.60. The van der Waals surface area contributed by atoms with E-state index in [0.29, 0.717) is 0 Å².